The van der Waals surface area contributed by atoms with Crippen molar-refractivity contribution >= 4 is 46.6 Å². The molecule has 3 N–H and O–H groups in total. The van der Waals surface area contributed by atoms with Crippen molar-refractivity contribution in [2.45, 2.75) is 24.2 Å². The second kappa shape index (κ2) is 10.8. The van der Waals surface area contributed by atoms with Crippen LogP contribution in [0.1, 0.15) is 35.4 Å². The number of carbonyl (C=O) groups is 5. The minimum absolute atomic E-state index is 0.0207. The molecule has 46 heavy (non-hydrogen) atoms. The Bertz CT molecular complexity index is 1900. The van der Waals surface area contributed by atoms with E-state index in [0.29, 0.717) is 27.2 Å². The molecule has 4 aliphatic rings. The van der Waals surface area contributed by atoms with Crippen molar-refractivity contribution in [3.8, 4) is 11.5 Å². The molecule has 1 saturated carbocycles. The van der Waals surface area contributed by atoms with Crippen molar-refractivity contribution in [3.63, 3.8) is 0 Å². The molecule has 3 aromatic carbocycles. The lowest BCUT2D eigenvalue weighted by Gasteiger charge is -2.55. The number of phenolic OH excluding ortho intramolecular Hbond substituents is 1. The van der Waals surface area contributed by atoms with E-state index in [2.05, 4.69) is 0 Å². The number of benzene rings is 3. The number of fused-ring (bicyclic) bond motifs is 4. The molecule has 0 spiro atoms. The van der Waals surface area contributed by atoms with Gasteiger partial charge in [0.2, 0.25) is 11.8 Å². The van der Waals surface area contributed by atoms with E-state index in [4.69, 9.17) is 22.1 Å². The number of amides is 4. The third kappa shape index (κ3) is 4.04. The van der Waals surface area contributed by atoms with Crippen LogP contribution >= 0.6 is 11.6 Å². The van der Waals surface area contributed by atoms with E-state index in [9.17, 15) is 29.1 Å². The van der Waals surface area contributed by atoms with Crippen molar-refractivity contribution in [2.24, 2.45) is 29.4 Å². The number of nitrogens with two attached hydrogens (primary N) is 1. The van der Waals surface area contributed by atoms with E-state index in [-0.39, 0.29) is 46.5 Å². The molecule has 1 heterocycles. The average molecular weight is 637 g/mol. The Morgan fingerprint density at radius 2 is 1.65 bits per heavy atom. The molecule has 9 nitrogen and oxygen atoms in total. The number of hydrogen-bond donors (Lipinski definition) is 2. The van der Waals surface area contributed by atoms with E-state index in [0.717, 1.165) is 0 Å². The van der Waals surface area contributed by atoms with Crippen LogP contribution in [0, 0.1) is 23.7 Å². The molecule has 1 saturated heterocycles. The largest absolute Gasteiger partial charge is 0.503 e. The van der Waals surface area contributed by atoms with E-state index in [1.165, 1.54) is 13.2 Å². The number of primary amides is 1. The maximum Gasteiger partial charge on any atom is 0.328 e. The number of likely N-dealkylation sites (tertiary alicyclic amines) is 1. The fraction of sp³-hybridized carbons (Fsp3) is 0.250. The fourth-order valence-electron chi connectivity index (χ4n) is 8.38. The van der Waals surface area contributed by atoms with Crippen LogP contribution in [0.15, 0.2) is 90.5 Å². The van der Waals surface area contributed by atoms with Gasteiger partial charge in [0, 0.05) is 17.4 Å². The van der Waals surface area contributed by atoms with Crippen LogP contribution in [0.2, 0.25) is 5.02 Å². The van der Waals surface area contributed by atoms with Crippen LogP contribution in [0.4, 0.5) is 4.79 Å². The number of imide groups is 3. The van der Waals surface area contributed by atoms with Crippen molar-refractivity contribution in [2.75, 3.05) is 7.11 Å². The number of Topliss-reactive ketones (excluding diaryl/α,β-unsaturated/α-hetero) is 1. The number of ether oxygens (including phenoxy) is 1. The normalized spacial score (nSPS) is 28.6. The Labute approximate surface area is 269 Å². The SMILES string of the molecule is COc1cc([C@H]2C3=CC[C@@H]4C(=O)N(C(N)=O)C(=O)[C@@H]4[C@@H]3C[C@H]3C(=O)C(c4ccccc4)=CC(=O)[C@@]23c2ccccc2)cc(Cl)c1O. The minimum atomic E-state index is -1.48. The number of nitrogens with zero attached hydrogens (tertiary/aromatic N) is 1. The zero-order valence-corrected chi connectivity index (χ0v) is 25.4. The minimum Gasteiger partial charge on any atom is -0.503 e. The maximum absolute atomic E-state index is 15.0. The summed E-state index contributed by atoms with van der Waals surface area (Å²) < 4.78 is 5.46. The Morgan fingerprint density at radius 3 is 2.30 bits per heavy atom. The summed E-state index contributed by atoms with van der Waals surface area (Å²) >= 11 is 6.54. The lowest BCUT2D eigenvalue weighted by Crippen LogP contribution is -2.58. The van der Waals surface area contributed by atoms with Gasteiger partial charge in [-0.2, -0.15) is 4.90 Å². The molecule has 0 bridgehead atoms. The predicted octanol–water partition coefficient (Wildman–Crippen LogP) is 4.96. The molecule has 10 heteroatoms. The summed E-state index contributed by atoms with van der Waals surface area (Å²) in [4.78, 5) is 69.6. The quantitative estimate of drug-likeness (QED) is 0.304. The number of carbonyl (C=O) groups excluding carboxylic acids is 5. The first-order valence-corrected chi connectivity index (χ1v) is 15.3. The Kier molecular flexibility index (Phi) is 6.97. The molecule has 0 radical (unpaired) electrons. The fourth-order valence-corrected chi connectivity index (χ4v) is 8.60. The Morgan fingerprint density at radius 1 is 0.978 bits per heavy atom. The Hall–Kier alpha value is -5.02. The van der Waals surface area contributed by atoms with Crippen molar-refractivity contribution in [1.29, 1.82) is 0 Å². The molecular formula is C36H29ClN2O7. The van der Waals surface area contributed by atoms with Gasteiger partial charge in [-0.05, 0) is 53.7 Å². The number of urea groups is 1. The highest BCUT2D eigenvalue weighted by Gasteiger charge is 2.66. The Balaban J connectivity index is 1.54. The summed E-state index contributed by atoms with van der Waals surface area (Å²) in [5.41, 5.74) is 6.61. The zero-order chi connectivity index (χ0) is 32.5. The van der Waals surface area contributed by atoms with Crippen LogP contribution in [0.25, 0.3) is 5.57 Å². The predicted molar refractivity (Wildman–Crippen MR) is 168 cm³/mol. The van der Waals surface area contributed by atoms with Gasteiger partial charge in [0.15, 0.2) is 23.1 Å². The third-order valence-corrected chi connectivity index (χ3v) is 10.5. The summed E-state index contributed by atoms with van der Waals surface area (Å²) in [6, 6.07) is 20.0. The van der Waals surface area contributed by atoms with Gasteiger partial charge in [0.1, 0.15) is 0 Å². The van der Waals surface area contributed by atoms with Crippen LogP contribution in [0.5, 0.6) is 11.5 Å². The lowest BCUT2D eigenvalue weighted by atomic mass is 9.44. The summed E-state index contributed by atoms with van der Waals surface area (Å²) in [7, 11) is 1.38. The molecule has 1 aliphatic heterocycles. The van der Waals surface area contributed by atoms with Crippen LogP contribution in [-0.4, -0.2) is 46.5 Å². The topological polar surface area (TPSA) is 144 Å². The smallest absolute Gasteiger partial charge is 0.328 e. The second-order valence-corrected chi connectivity index (χ2v) is 12.6. The molecular weight excluding hydrogens is 608 g/mol. The molecule has 232 valence electrons. The molecule has 6 atom stereocenters. The van der Waals surface area contributed by atoms with Crippen LogP contribution in [0.3, 0.4) is 0 Å². The standard InChI is InChI=1S/C36H29ClN2O7/c1-46-27-15-19(14-26(37)32(27)42)30-21-12-13-22-29(34(44)39(33(22)43)35(38)45)24(21)16-25-31(41)23(18-8-4-2-5-9-18)17-28(40)36(25,30)20-10-6-3-7-11-20/h2-12,14-15,17,22,24-25,29-30,42H,13,16H2,1H3,(H2,38,45)/t22-,24+,25-,29-,30-,36-/m0/s1. The van der Waals surface area contributed by atoms with Gasteiger partial charge in [-0.3, -0.25) is 19.2 Å². The highest BCUT2D eigenvalue weighted by molar-refractivity contribution is 6.33. The zero-order valence-electron chi connectivity index (χ0n) is 24.7. The molecule has 3 aromatic rings. The third-order valence-electron chi connectivity index (χ3n) is 10.2. The molecule has 0 aromatic heterocycles. The highest BCUT2D eigenvalue weighted by atomic mass is 35.5. The van der Waals surface area contributed by atoms with Gasteiger partial charge < -0.3 is 15.6 Å². The number of ketones is 2. The number of hydrogen-bond acceptors (Lipinski definition) is 7. The molecule has 4 amide bonds. The monoisotopic (exact) mass is 636 g/mol. The second-order valence-electron chi connectivity index (χ2n) is 12.2. The van der Waals surface area contributed by atoms with E-state index in [1.807, 2.05) is 30.3 Å². The summed E-state index contributed by atoms with van der Waals surface area (Å²) in [5, 5.41) is 10.6. The highest BCUT2D eigenvalue weighted by Crippen LogP contribution is 2.64. The first kappa shape index (κ1) is 29.7. The van der Waals surface area contributed by atoms with Gasteiger partial charge in [-0.25, -0.2) is 4.79 Å². The molecule has 0 unspecified atom stereocenters. The summed E-state index contributed by atoms with van der Waals surface area (Å²) in [5.74, 6) is -6.48. The van der Waals surface area contributed by atoms with E-state index >= 15 is 0 Å². The van der Waals surface area contributed by atoms with Gasteiger partial charge in [-0.1, -0.05) is 83.9 Å². The van der Waals surface area contributed by atoms with E-state index < -0.39 is 52.8 Å². The number of phenols is 1. The van der Waals surface area contributed by atoms with Gasteiger partial charge in [0.05, 0.1) is 29.4 Å². The van der Waals surface area contributed by atoms with Gasteiger partial charge in [-0.15, -0.1) is 0 Å². The van der Waals surface area contributed by atoms with Crippen LogP contribution in [-0.2, 0) is 24.6 Å². The maximum atomic E-state index is 15.0. The van der Waals surface area contributed by atoms with Crippen LogP contribution < -0.4 is 10.5 Å². The first-order chi connectivity index (χ1) is 22.1. The molecule has 2 fully saturated rings. The van der Waals surface area contributed by atoms with Gasteiger partial charge in [0.25, 0.3) is 0 Å². The number of allylic oxidation sites excluding steroid dienone is 4. The first-order valence-electron chi connectivity index (χ1n) is 15.0. The van der Waals surface area contributed by atoms with Crippen molar-refractivity contribution in [1.82, 2.24) is 4.90 Å². The van der Waals surface area contributed by atoms with Crippen molar-refractivity contribution < 1.29 is 33.8 Å². The lowest BCUT2D eigenvalue weighted by molar-refractivity contribution is -0.137. The molecule has 3 aliphatic carbocycles. The number of methoxy groups -OCH3 is 1. The summed E-state index contributed by atoms with van der Waals surface area (Å²) in [6.45, 7) is 0. The average Bonchev–Trinajstić information content (AvgIpc) is 3.33. The summed E-state index contributed by atoms with van der Waals surface area (Å²) in [6.07, 6.45) is 3.47. The number of aromatic hydroxyl groups is 1. The number of rotatable bonds is 4. The van der Waals surface area contributed by atoms with Crippen molar-refractivity contribution in [3.05, 3.63) is 112 Å². The van der Waals surface area contributed by atoms with E-state index in [1.54, 1.807) is 48.5 Å². The number of halogens is 1. The van der Waals surface area contributed by atoms with Gasteiger partial charge >= 0.3 is 6.03 Å². The molecule has 7 rings (SSSR count).